The van der Waals surface area contributed by atoms with Gasteiger partial charge in [-0.1, -0.05) is 6.07 Å². The highest BCUT2D eigenvalue weighted by molar-refractivity contribution is 5.76. The zero-order chi connectivity index (χ0) is 21.8. The lowest BCUT2D eigenvalue weighted by atomic mass is 9.91. The van der Waals surface area contributed by atoms with E-state index in [1.807, 2.05) is 24.0 Å². The highest BCUT2D eigenvalue weighted by Gasteiger charge is 2.25. The summed E-state index contributed by atoms with van der Waals surface area (Å²) in [5.41, 5.74) is 2.66. The smallest absolute Gasteiger partial charge is 0.224 e. The maximum absolute atomic E-state index is 14.1. The topological polar surface area (TPSA) is 76.8 Å². The van der Waals surface area contributed by atoms with Crippen LogP contribution in [0, 0.1) is 18.6 Å². The van der Waals surface area contributed by atoms with Crippen molar-refractivity contribution in [3.8, 4) is 0 Å². The standard InChI is InChI=1S/C22H24F2N6O/c1-15-11-16(12-18-19(23)3-2-4-20(18)24)13-21(26-15)17-5-8-29(9-6-17)22(31)7-10-30-14-25-27-28-30/h2-4,11,13-14,17H,5-10,12H2,1H3. The summed E-state index contributed by atoms with van der Waals surface area (Å²) in [6.07, 6.45) is 3.65. The molecule has 4 rings (SSSR count). The van der Waals surface area contributed by atoms with E-state index in [4.69, 9.17) is 0 Å². The largest absolute Gasteiger partial charge is 0.343 e. The highest BCUT2D eigenvalue weighted by Crippen LogP contribution is 2.29. The van der Waals surface area contributed by atoms with Crippen LogP contribution >= 0.6 is 0 Å². The summed E-state index contributed by atoms with van der Waals surface area (Å²) < 4.78 is 29.7. The zero-order valence-electron chi connectivity index (χ0n) is 17.3. The van der Waals surface area contributed by atoms with Gasteiger partial charge in [0.1, 0.15) is 18.0 Å². The SMILES string of the molecule is Cc1cc(Cc2c(F)cccc2F)cc(C2CCN(C(=O)CCn3cnnn3)CC2)n1. The molecule has 162 valence electrons. The van der Waals surface area contributed by atoms with Gasteiger partial charge in [0.15, 0.2) is 0 Å². The number of hydrogen-bond donors (Lipinski definition) is 0. The Morgan fingerprint density at radius 1 is 1.16 bits per heavy atom. The van der Waals surface area contributed by atoms with Gasteiger partial charge in [0.05, 0.1) is 6.54 Å². The number of hydrogen-bond acceptors (Lipinski definition) is 5. The molecule has 3 aromatic rings. The van der Waals surface area contributed by atoms with Gasteiger partial charge >= 0.3 is 0 Å². The summed E-state index contributed by atoms with van der Waals surface area (Å²) in [7, 11) is 0. The lowest BCUT2D eigenvalue weighted by Gasteiger charge is -2.32. The van der Waals surface area contributed by atoms with Gasteiger partial charge in [0.25, 0.3) is 0 Å². The highest BCUT2D eigenvalue weighted by atomic mass is 19.1. The maximum Gasteiger partial charge on any atom is 0.224 e. The van der Waals surface area contributed by atoms with E-state index in [0.29, 0.717) is 26.1 Å². The van der Waals surface area contributed by atoms with Gasteiger partial charge in [-0.2, -0.15) is 0 Å². The fraction of sp³-hybridized carbons (Fsp3) is 0.409. The van der Waals surface area contributed by atoms with Crippen LogP contribution < -0.4 is 0 Å². The average molecular weight is 426 g/mol. The quantitative estimate of drug-likeness (QED) is 0.606. The van der Waals surface area contributed by atoms with Crippen LogP contribution in [0.1, 0.15) is 47.7 Å². The predicted octanol–water partition coefficient (Wildman–Crippen LogP) is 3.04. The number of benzene rings is 1. The molecule has 0 spiro atoms. The van der Waals surface area contributed by atoms with E-state index >= 15 is 0 Å². The molecule has 1 aliphatic rings. The summed E-state index contributed by atoms with van der Waals surface area (Å²) in [5.74, 6) is -0.774. The van der Waals surface area contributed by atoms with Crippen LogP contribution in [0.4, 0.5) is 8.78 Å². The molecular weight excluding hydrogens is 402 g/mol. The van der Waals surface area contributed by atoms with Gasteiger partial charge in [0.2, 0.25) is 5.91 Å². The van der Waals surface area contributed by atoms with Crippen molar-refractivity contribution in [2.75, 3.05) is 13.1 Å². The van der Waals surface area contributed by atoms with Crippen LogP contribution in [0.3, 0.4) is 0 Å². The van der Waals surface area contributed by atoms with Gasteiger partial charge in [-0.15, -0.1) is 5.10 Å². The fourth-order valence-corrected chi connectivity index (χ4v) is 4.06. The molecule has 0 saturated carbocycles. The minimum atomic E-state index is -0.537. The van der Waals surface area contributed by atoms with Crippen LogP contribution in [-0.2, 0) is 17.8 Å². The fourth-order valence-electron chi connectivity index (χ4n) is 4.06. The summed E-state index contributed by atoms with van der Waals surface area (Å²) in [5, 5.41) is 10.9. The Morgan fingerprint density at radius 2 is 1.90 bits per heavy atom. The molecule has 1 aromatic carbocycles. The van der Waals surface area contributed by atoms with Gasteiger partial charge < -0.3 is 4.90 Å². The Hall–Kier alpha value is -3.23. The van der Waals surface area contributed by atoms with E-state index in [-0.39, 0.29) is 23.8 Å². The molecular formula is C22H24F2N6O. The summed E-state index contributed by atoms with van der Waals surface area (Å²) in [6, 6.07) is 7.74. The van der Waals surface area contributed by atoms with Crippen LogP contribution in [0.5, 0.6) is 0 Å². The minimum Gasteiger partial charge on any atom is -0.343 e. The van der Waals surface area contributed by atoms with Crippen molar-refractivity contribution in [2.45, 2.75) is 45.1 Å². The van der Waals surface area contributed by atoms with Crippen molar-refractivity contribution in [2.24, 2.45) is 0 Å². The molecule has 1 amide bonds. The monoisotopic (exact) mass is 426 g/mol. The first-order valence-electron chi connectivity index (χ1n) is 10.4. The van der Waals surface area contributed by atoms with Crippen molar-refractivity contribution in [1.29, 1.82) is 0 Å². The first-order valence-corrected chi connectivity index (χ1v) is 10.4. The third-order valence-corrected chi connectivity index (χ3v) is 5.69. The van der Waals surface area contributed by atoms with Gasteiger partial charge in [-0.3, -0.25) is 9.78 Å². The number of piperidine rings is 1. The van der Waals surface area contributed by atoms with Gasteiger partial charge in [-0.05, 0) is 60.0 Å². The number of carbonyl (C=O) groups is 1. The molecule has 3 heterocycles. The number of likely N-dealkylation sites (tertiary alicyclic amines) is 1. The Labute approximate surface area is 179 Å². The maximum atomic E-state index is 14.1. The molecule has 0 aliphatic carbocycles. The molecule has 0 bridgehead atoms. The summed E-state index contributed by atoms with van der Waals surface area (Å²) in [6.45, 7) is 3.67. The van der Waals surface area contributed by atoms with E-state index in [2.05, 4.69) is 20.5 Å². The Kier molecular flexibility index (Phi) is 6.29. The van der Waals surface area contributed by atoms with Gasteiger partial charge in [0, 0.05) is 48.8 Å². The molecule has 0 N–H and O–H groups in total. The molecule has 0 atom stereocenters. The number of tetrazole rings is 1. The molecule has 2 aromatic heterocycles. The molecule has 1 saturated heterocycles. The molecule has 31 heavy (non-hydrogen) atoms. The van der Waals surface area contributed by atoms with E-state index in [1.165, 1.54) is 24.5 Å². The third kappa shape index (κ3) is 5.10. The number of halogens is 2. The molecule has 7 nitrogen and oxygen atoms in total. The van der Waals surface area contributed by atoms with Crippen LogP contribution in [0.15, 0.2) is 36.7 Å². The number of pyridine rings is 1. The molecule has 0 unspecified atom stereocenters. The van der Waals surface area contributed by atoms with Crippen LogP contribution in [-0.4, -0.2) is 49.1 Å². The Morgan fingerprint density at radius 3 is 2.58 bits per heavy atom. The van der Waals surface area contributed by atoms with Crippen LogP contribution in [0.2, 0.25) is 0 Å². The number of aryl methyl sites for hydroxylation is 2. The number of rotatable bonds is 6. The molecule has 0 radical (unpaired) electrons. The second-order valence-corrected chi connectivity index (χ2v) is 7.90. The molecule has 9 heteroatoms. The van der Waals surface area contributed by atoms with Crippen molar-refractivity contribution in [3.63, 3.8) is 0 Å². The van der Waals surface area contributed by atoms with Crippen molar-refractivity contribution in [1.82, 2.24) is 30.1 Å². The Bertz CT molecular complexity index is 1030. The first kappa shape index (κ1) is 21.0. The summed E-state index contributed by atoms with van der Waals surface area (Å²) in [4.78, 5) is 19.0. The third-order valence-electron chi connectivity index (χ3n) is 5.69. The van der Waals surface area contributed by atoms with E-state index in [1.54, 1.807) is 4.68 Å². The molecule has 1 aliphatic heterocycles. The van der Waals surface area contributed by atoms with Gasteiger partial charge in [-0.25, -0.2) is 13.5 Å². The second-order valence-electron chi connectivity index (χ2n) is 7.90. The average Bonchev–Trinajstić information content (AvgIpc) is 3.28. The van der Waals surface area contributed by atoms with E-state index in [9.17, 15) is 13.6 Å². The van der Waals surface area contributed by atoms with Crippen molar-refractivity contribution >= 4 is 5.91 Å². The lowest BCUT2D eigenvalue weighted by molar-refractivity contribution is -0.132. The van der Waals surface area contributed by atoms with E-state index in [0.717, 1.165) is 29.8 Å². The minimum absolute atomic E-state index is 0.0713. The molecule has 1 fully saturated rings. The second kappa shape index (κ2) is 9.28. The normalized spacial score (nSPS) is 14.7. The van der Waals surface area contributed by atoms with Crippen LogP contribution in [0.25, 0.3) is 0 Å². The Balaban J connectivity index is 1.38. The number of aromatic nitrogens is 5. The summed E-state index contributed by atoms with van der Waals surface area (Å²) >= 11 is 0. The number of amides is 1. The lowest BCUT2D eigenvalue weighted by Crippen LogP contribution is -2.38. The van der Waals surface area contributed by atoms with Crippen molar-refractivity contribution < 1.29 is 13.6 Å². The number of carbonyl (C=O) groups excluding carboxylic acids is 1. The van der Waals surface area contributed by atoms with E-state index < -0.39 is 11.6 Å². The first-order chi connectivity index (χ1) is 15.0. The number of nitrogens with zero attached hydrogens (tertiary/aromatic N) is 6. The predicted molar refractivity (Wildman–Crippen MR) is 109 cm³/mol. The zero-order valence-corrected chi connectivity index (χ0v) is 17.3. The van der Waals surface area contributed by atoms with Crippen molar-refractivity contribution in [3.05, 3.63) is 70.8 Å².